The number of morpholine rings is 1. The molecule has 1 atom stereocenters. The summed E-state index contributed by atoms with van der Waals surface area (Å²) in [5.74, 6) is 0. The maximum Gasteiger partial charge on any atom is 0.144 e. The summed E-state index contributed by atoms with van der Waals surface area (Å²) < 4.78 is 5.32. The van der Waals surface area contributed by atoms with E-state index >= 15 is 0 Å². The fourth-order valence-electron chi connectivity index (χ4n) is 2.25. The second kappa shape index (κ2) is 4.95. The molecule has 1 unspecified atom stereocenters. The molecule has 1 N–H and O–H groups in total. The van der Waals surface area contributed by atoms with Gasteiger partial charge in [-0.05, 0) is 12.0 Å². The van der Waals surface area contributed by atoms with Crippen LogP contribution in [0.2, 0.25) is 0 Å². The van der Waals surface area contributed by atoms with Crippen molar-refractivity contribution >= 4 is 0 Å². The zero-order valence-electron chi connectivity index (χ0n) is 9.72. The Morgan fingerprint density at radius 1 is 1.25 bits per heavy atom. The predicted molar refractivity (Wildman–Crippen MR) is 63.0 cm³/mol. The van der Waals surface area contributed by atoms with Gasteiger partial charge in [-0.25, -0.2) is 0 Å². The molecular weight excluding hydrogens is 202 g/mol. The van der Waals surface area contributed by atoms with E-state index in [0.717, 1.165) is 18.7 Å². The van der Waals surface area contributed by atoms with Gasteiger partial charge in [-0.15, -0.1) is 0 Å². The minimum absolute atomic E-state index is 0.691. The first-order chi connectivity index (χ1) is 7.77. The molecule has 1 aliphatic heterocycles. The second-order valence-corrected chi connectivity index (χ2v) is 4.14. The van der Waals surface area contributed by atoms with E-state index in [1.54, 1.807) is 0 Å². The highest BCUT2D eigenvalue weighted by molar-refractivity contribution is 5.21. The van der Waals surface area contributed by atoms with Gasteiger partial charge in [0.15, 0.2) is 0 Å². The smallest absolute Gasteiger partial charge is 0.144 e. The van der Waals surface area contributed by atoms with Crippen molar-refractivity contribution in [2.45, 2.75) is 19.1 Å². The van der Waals surface area contributed by atoms with Crippen LogP contribution in [0.3, 0.4) is 0 Å². The fourth-order valence-corrected chi connectivity index (χ4v) is 2.25. The number of benzene rings is 1. The summed E-state index contributed by atoms with van der Waals surface area (Å²) in [4.78, 5) is 2.10. The van der Waals surface area contributed by atoms with E-state index in [4.69, 9.17) is 4.74 Å². The molecule has 0 bridgehead atoms. The average molecular weight is 221 g/mol. The third-order valence-electron chi connectivity index (χ3n) is 3.26. The van der Waals surface area contributed by atoms with Crippen LogP contribution in [0.4, 0.5) is 0 Å². The highest BCUT2D eigenvalue weighted by Crippen LogP contribution is 2.29. The molecule has 0 spiro atoms. The van der Waals surface area contributed by atoms with Crippen LogP contribution in [0, 0.1) is 0 Å². The summed E-state index contributed by atoms with van der Waals surface area (Å²) in [5.41, 5.74) is 0.129. The van der Waals surface area contributed by atoms with Crippen LogP contribution < -0.4 is 0 Å². The summed E-state index contributed by atoms with van der Waals surface area (Å²) in [6, 6.07) is 9.88. The predicted octanol–water partition coefficient (Wildman–Crippen LogP) is 1.57. The van der Waals surface area contributed by atoms with Gasteiger partial charge in [0.1, 0.15) is 5.72 Å². The van der Waals surface area contributed by atoms with Gasteiger partial charge in [-0.2, -0.15) is 0 Å². The minimum Gasteiger partial charge on any atom is -0.379 e. The summed E-state index contributed by atoms with van der Waals surface area (Å²) in [5, 5.41) is 10.8. The van der Waals surface area contributed by atoms with Crippen molar-refractivity contribution in [3.63, 3.8) is 0 Å². The quantitative estimate of drug-likeness (QED) is 0.841. The maximum absolute atomic E-state index is 10.8. The van der Waals surface area contributed by atoms with Crippen molar-refractivity contribution in [3.05, 3.63) is 35.9 Å². The van der Waals surface area contributed by atoms with Gasteiger partial charge in [-0.1, -0.05) is 37.3 Å². The van der Waals surface area contributed by atoms with E-state index in [2.05, 4.69) is 4.90 Å². The Morgan fingerprint density at radius 2 is 1.88 bits per heavy atom. The van der Waals surface area contributed by atoms with Crippen molar-refractivity contribution in [1.82, 2.24) is 4.90 Å². The lowest BCUT2D eigenvalue weighted by atomic mass is 9.98. The van der Waals surface area contributed by atoms with Gasteiger partial charge in [0.05, 0.1) is 13.2 Å². The highest BCUT2D eigenvalue weighted by atomic mass is 16.5. The molecule has 88 valence electrons. The van der Waals surface area contributed by atoms with E-state index < -0.39 is 5.72 Å². The molecule has 3 heteroatoms. The van der Waals surface area contributed by atoms with Gasteiger partial charge < -0.3 is 9.84 Å². The normalized spacial score (nSPS) is 21.6. The molecule has 1 fully saturated rings. The zero-order valence-corrected chi connectivity index (χ0v) is 9.72. The van der Waals surface area contributed by atoms with Crippen LogP contribution >= 0.6 is 0 Å². The van der Waals surface area contributed by atoms with Crippen LogP contribution in [0.15, 0.2) is 30.3 Å². The maximum atomic E-state index is 10.8. The molecule has 1 heterocycles. The van der Waals surface area contributed by atoms with Crippen LogP contribution in [-0.4, -0.2) is 36.3 Å². The van der Waals surface area contributed by atoms with Crippen LogP contribution in [0.5, 0.6) is 0 Å². The first-order valence-corrected chi connectivity index (χ1v) is 5.88. The van der Waals surface area contributed by atoms with Crippen LogP contribution in [0.1, 0.15) is 18.9 Å². The Morgan fingerprint density at radius 3 is 2.44 bits per heavy atom. The SMILES string of the molecule is CCC(O)(c1ccccc1)N1CCOCC1. The van der Waals surface area contributed by atoms with E-state index in [-0.39, 0.29) is 0 Å². The number of hydrogen-bond donors (Lipinski definition) is 1. The molecular formula is C13H19NO2. The fraction of sp³-hybridized carbons (Fsp3) is 0.538. The summed E-state index contributed by atoms with van der Waals surface area (Å²) >= 11 is 0. The lowest BCUT2D eigenvalue weighted by Gasteiger charge is -2.41. The molecule has 0 aliphatic carbocycles. The second-order valence-electron chi connectivity index (χ2n) is 4.14. The molecule has 1 aliphatic rings. The van der Waals surface area contributed by atoms with Gasteiger partial charge in [-0.3, -0.25) is 4.90 Å². The molecule has 0 radical (unpaired) electrons. The highest BCUT2D eigenvalue weighted by Gasteiger charge is 2.35. The summed E-state index contributed by atoms with van der Waals surface area (Å²) in [7, 11) is 0. The summed E-state index contributed by atoms with van der Waals surface area (Å²) in [6.07, 6.45) is 0.691. The number of hydrogen-bond acceptors (Lipinski definition) is 3. The number of nitrogens with zero attached hydrogens (tertiary/aromatic N) is 1. The van der Waals surface area contributed by atoms with Crippen molar-refractivity contribution in [1.29, 1.82) is 0 Å². The molecule has 1 aromatic carbocycles. The molecule has 16 heavy (non-hydrogen) atoms. The van der Waals surface area contributed by atoms with Crippen molar-refractivity contribution in [3.8, 4) is 0 Å². The van der Waals surface area contributed by atoms with Gasteiger partial charge >= 0.3 is 0 Å². The van der Waals surface area contributed by atoms with E-state index in [0.29, 0.717) is 19.6 Å². The molecule has 0 aromatic heterocycles. The van der Waals surface area contributed by atoms with Crippen LogP contribution in [0.25, 0.3) is 0 Å². The third kappa shape index (κ3) is 2.12. The van der Waals surface area contributed by atoms with Crippen molar-refractivity contribution in [2.24, 2.45) is 0 Å². The topological polar surface area (TPSA) is 32.7 Å². The molecule has 1 saturated heterocycles. The molecule has 3 nitrogen and oxygen atoms in total. The molecule has 2 rings (SSSR count). The largest absolute Gasteiger partial charge is 0.379 e. The zero-order chi connectivity index (χ0) is 11.4. The first kappa shape index (κ1) is 11.6. The Bertz CT molecular complexity index is 322. The molecule has 1 aromatic rings. The Kier molecular flexibility index (Phi) is 3.59. The number of aliphatic hydroxyl groups is 1. The third-order valence-corrected chi connectivity index (χ3v) is 3.26. The van der Waals surface area contributed by atoms with E-state index in [1.165, 1.54) is 0 Å². The number of ether oxygens (including phenoxy) is 1. The standard InChI is InChI=1S/C13H19NO2/c1-2-13(15,12-6-4-3-5-7-12)14-8-10-16-11-9-14/h3-7,15H,2,8-11H2,1H3. The minimum atomic E-state index is -0.842. The molecule has 0 saturated carbocycles. The van der Waals surface area contributed by atoms with Crippen molar-refractivity contribution in [2.75, 3.05) is 26.3 Å². The average Bonchev–Trinajstić information content (AvgIpc) is 2.40. The van der Waals surface area contributed by atoms with Gasteiger partial charge in [0.2, 0.25) is 0 Å². The summed E-state index contributed by atoms with van der Waals surface area (Å²) in [6.45, 7) is 5.01. The van der Waals surface area contributed by atoms with Gasteiger partial charge in [0.25, 0.3) is 0 Å². The Hall–Kier alpha value is -0.900. The monoisotopic (exact) mass is 221 g/mol. The first-order valence-electron chi connectivity index (χ1n) is 5.88. The molecule has 0 amide bonds. The number of rotatable bonds is 3. The van der Waals surface area contributed by atoms with E-state index in [9.17, 15) is 5.11 Å². The van der Waals surface area contributed by atoms with Gasteiger partial charge in [0, 0.05) is 13.1 Å². The van der Waals surface area contributed by atoms with Crippen molar-refractivity contribution < 1.29 is 9.84 Å². The Labute approximate surface area is 96.6 Å². The lowest BCUT2D eigenvalue weighted by molar-refractivity contribution is -0.149. The Balaban J connectivity index is 2.24. The lowest BCUT2D eigenvalue weighted by Crippen LogP contribution is -2.51. The van der Waals surface area contributed by atoms with E-state index in [1.807, 2.05) is 37.3 Å². The van der Waals surface area contributed by atoms with Crippen LogP contribution in [-0.2, 0) is 10.5 Å².